The van der Waals surface area contributed by atoms with Gasteiger partial charge in [-0.15, -0.1) is 0 Å². The molecule has 1 atom stereocenters. The zero-order valence-corrected chi connectivity index (χ0v) is 18.9. The Labute approximate surface area is 175 Å². The minimum Gasteiger partial charge on any atom is -0.357 e. The first-order chi connectivity index (χ1) is 13.9. The van der Waals surface area contributed by atoms with E-state index in [4.69, 9.17) is 0 Å². The highest BCUT2D eigenvalue weighted by Crippen LogP contribution is 2.18. The van der Waals surface area contributed by atoms with Gasteiger partial charge in [0.25, 0.3) is 0 Å². The van der Waals surface area contributed by atoms with Crippen molar-refractivity contribution in [3.63, 3.8) is 0 Å². The van der Waals surface area contributed by atoms with E-state index >= 15 is 0 Å². The number of aryl methyl sites for hydroxylation is 3. The van der Waals surface area contributed by atoms with Crippen LogP contribution in [-0.2, 0) is 11.3 Å². The van der Waals surface area contributed by atoms with Crippen molar-refractivity contribution >= 4 is 11.9 Å². The predicted octanol–water partition coefficient (Wildman–Crippen LogP) is 1.39. The molecule has 1 amide bonds. The average Bonchev–Trinajstić information content (AvgIpc) is 3.27. The molecule has 0 aliphatic carbocycles. The van der Waals surface area contributed by atoms with Gasteiger partial charge in [-0.05, 0) is 59.1 Å². The van der Waals surface area contributed by atoms with E-state index in [-0.39, 0.29) is 11.9 Å². The molecule has 1 unspecified atom stereocenters. The number of amides is 1. The van der Waals surface area contributed by atoms with E-state index in [1.807, 2.05) is 25.7 Å². The molecule has 8 heteroatoms. The molecule has 0 aromatic carbocycles. The van der Waals surface area contributed by atoms with Crippen molar-refractivity contribution in [2.75, 3.05) is 46.8 Å². The van der Waals surface area contributed by atoms with E-state index < -0.39 is 0 Å². The molecule has 1 aliphatic rings. The lowest BCUT2D eigenvalue weighted by Gasteiger charge is -2.26. The topological polar surface area (TPSA) is 77.8 Å². The van der Waals surface area contributed by atoms with E-state index in [1.165, 1.54) is 5.69 Å². The molecule has 29 heavy (non-hydrogen) atoms. The fraction of sp³-hybridized carbons (Fsp3) is 0.762. The molecule has 164 valence electrons. The number of hydrogen-bond acceptors (Lipinski definition) is 4. The SMILES string of the molecule is CCNC(=NCCCn1nc(C)cc1C)NCCCN1CCCC1C(=O)N(C)C. The van der Waals surface area contributed by atoms with Crippen LogP contribution in [0.5, 0.6) is 0 Å². The number of likely N-dealkylation sites (N-methyl/N-ethyl adjacent to an activating group) is 1. The second kappa shape index (κ2) is 11.8. The molecule has 0 radical (unpaired) electrons. The van der Waals surface area contributed by atoms with Gasteiger partial charge in [-0.1, -0.05) is 0 Å². The summed E-state index contributed by atoms with van der Waals surface area (Å²) < 4.78 is 2.05. The minimum atomic E-state index is 0.0568. The summed E-state index contributed by atoms with van der Waals surface area (Å²) in [5.41, 5.74) is 2.26. The van der Waals surface area contributed by atoms with Gasteiger partial charge in [0.05, 0.1) is 11.7 Å². The first-order valence-corrected chi connectivity index (χ1v) is 10.9. The van der Waals surface area contributed by atoms with Crippen LogP contribution in [0.15, 0.2) is 11.1 Å². The van der Waals surface area contributed by atoms with Crippen LogP contribution in [0.4, 0.5) is 0 Å². The maximum atomic E-state index is 12.3. The van der Waals surface area contributed by atoms with Crippen LogP contribution in [0, 0.1) is 13.8 Å². The molecule has 1 saturated heterocycles. The summed E-state index contributed by atoms with van der Waals surface area (Å²) in [6.07, 6.45) is 4.04. The van der Waals surface area contributed by atoms with E-state index in [0.29, 0.717) is 0 Å². The van der Waals surface area contributed by atoms with Crippen molar-refractivity contribution in [1.82, 2.24) is 30.2 Å². The van der Waals surface area contributed by atoms with Crippen LogP contribution in [0.1, 0.15) is 44.0 Å². The predicted molar refractivity (Wildman–Crippen MR) is 118 cm³/mol. The zero-order chi connectivity index (χ0) is 21.2. The van der Waals surface area contributed by atoms with Gasteiger partial charge in [0.15, 0.2) is 5.96 Å². The highest BCUT2D eigenvalue weighted by atomic mass is 16.2. The molecule has 2 heterocycles. The number of carbonyl (C=O) groups excluding carboxylic acids is 1. The lowest BCUT2D eigenvalue weighted by Crippen LogP contribution is -2.44. The van der Waals surface area contributed by atoms with Crippen LogP contribution < -0.4 is 10.6 Å². The van der Waals surface area contributed by atoms with E-state index in [0.717, 1.165) is 76.6 Å². The number of likely N-dealkylation sites (tertiary alicyclic amines) is 1. The fourth-order valence-electron chi connectivity index (χ4n) is 3.81. The highest BCUT2D eigenvalue weighted by Gasteiger charge is 2.30. The average molecular weight is 406 g/mol. The van der Waals surface area contributed by atoms with E-state index in [1.54, 1.807) is 4.90 Å². The van der Waals surface area contributed by atoms with Gasteiger partial charge in [-0.2, -0.15) is 5.10 Å². The Hall–Kier alpha value is -2.09. The molecule has 8 nitrogen and oxygen atoms in total. The summed E-state index contributed by atoms with van der Waals surface area (Å²) in [6, 6.07) is 2.16. The number of aromatic nitrogens is 2. The molecule has 2 N–H and O–H groups in total. The third kappa shape index (κ3) is 7.34. The number of rotatable bonds is 10. The molecular weight excluding hydrogens is 366 g/mol. The summed E-state index contributed by atoms with van der Waals surface area (Å²) in [4.78, 5) is 21.0. The first kappa shape index (κ1) is 23.2. The highest BCUT2D eigenvalue weighted by molar-refractivity contribution is 5.81. The Bertz CT molecular complexity index is 668. The minimum absolute atomic E-state index is 0.0568. The standard InChI is InChI=1S/C21H39N7O/c1-6-22-21(24-12-9-15-28-18(3)16-17(2)25-28)23-11-8-14-27-13-7-10-19(27)20(29)26(4)5/h16,19H,6-15H2,1-5H3,(H2,22,23,24). The molecule has 0 saturated carbocycles. The number of nitrogens with zero attached hydrogens (tertiary/aromatic N) is 5. The van der Waals surface area contributed by atoms with Crippen molar-refractivity contribution in [3.8, 4) is 0 Å². The maximum absolute atomic E-state index is 12.3. The van der Waals surface area contributed by atoms with Gasteiger partial charge in [0, 0.05) is 52.5 Å². The van der Waals surface area contributed by atoms with Crippen LogP contribution in [0.25, 0.3) is 0 Å². The second-order valence-electron chi connectivity index (χ2n) is 7.97. The summed E-state index contributed by atoms with van der Waals surface area (Å²) >= 11 is 0. The Balaban J connectivity index is 1.70. The van der Waals surface area contributed by atoms with E-state index in [9.17, 15) is 4.79 Å². The molecule has 2 rings (SSSR count). The van der Waals surface area contributed by atoms with Crippen LogP contribution in [0.2, 0.25) is 0 Å². The monoisotopic (exact) mass is 405 g/mol. The Morgan fingerprint density at radius 1 is 1.28 bits per heavy atom. The maximum Gasteiger partial charge on any atom is 0.239 e. The summed E-state index contributed by atoms with van der Waals surface area (Å²) in [7, 11) is 3.68. The number of carbonyl (C=O) groups is 1. The van der Waals surface area contributed by atoms with E-state index in [2.05, 4.69) is 45.5 Å². The van der Waals surface area contributed by atoms with Crippen LogP contribution in [0.3, 0.4) is 0 Å². The number of hydrogen-bond donors (Lipinski definition) is 2. The molecule has 0 spiro atoms. The molecule has 1 fully saturated rings. The quantitative estimate of drug-likeness (QED) is 0.349. The lowest BCUT2D eigenvalue weighted by atomic mass is 10.2. The number of aliphatic imine (C=N–C) groups is 1. The lowest BCUT2D eigenvalue weighted by molar-refractivity contribution is -0.133. The largest absolute Gasteiger partial charge is 0.357 e. The van der Waals surface area contributed by atoms with Gasteiger partial charge in [-0.3, -0.25) is 19.4 Å². The Kier molecular flexibility index (Phi) is 9.44. The third-order valence-electron chi connectivity index (χ3n) is 5.25. The van der Waals surface area contributed by atoms with Crippen LogP contribution >= 0.6 is 0 Å². The van der Waals surface area contributed by atoms with Gasteiger partial charge in [0.2, 0.25) is 5.91 Å². The zero-order valence-electron chi connectivity index (χ0n) is 18.9. The summed E-state index contributed by atoms with van der Waals surface area (Å²) in [5.74, 6) is 1.09. The second-order valence-corrected chi connectivity index (χ2v) is 7.97. The fourth-order valence-corrected chi connectivity index (χ4v) is 3.81. The molecule has 1 aromatic heterocycles. The van der Waals surface area contributed by atoms with Crippen molar-refractivity contribution in [2.45, 2.75) is 59.0 Å². The van der Waals surface area contributed by atoms with Gasteiger partial charge >= 0.3 is 0 Å². The van der Waals surface area contributed by atoms with Gasteiger partial charge < -0.3 is 15.5 Å². The molecule has 0 bridgehead atoms. The smallest absolute Gasteiger partial charge is 0.239 e. The number of nitrogens with one attached hydrogen (secondary N) is 2. The van der Waals surface area contributed by atoms with Gasteiger partial charge in [-0.25, -0.2) is 0 Å². The Morgan fingerprint density at radius 2 is 2.07 bits per heavy atom. The van der Waals surface area contributed by atoms with Crippen molar-refractivity contribution in [2.24, 2.45) is 4.99 Å². The van der Waals surface area contributed by atoms with Crippen molar-refractivity contribution in [3.05, 3.63) is 17.5 Å². The van der Waals surface area contributed by atoms with Crippen molar-refractivity contribution in [1.29, 1.82) is 0 Å². The van der Waals surface area contributed by atoms with Gasteiger partial charge in [0.1, 0.15) is 0 Å². The number of guanidine groups is 1. The third-order valence-corrected chi connectivity index (χ3v) is 5.25. The molecule has 1 aliphatic heterocycles. The summed E-state index contributed by atoms with van der Waals surface area (Å²) in [6.45, 7) is 11.5. The molecular formula is C21H39N7O. The molecule has 1 aromatic rings. The summed E-state index contributed by atoms with van der Waals surface area (Å²) in [5, 5.41) is 11.2. The first-order valence-electron chi connectivity index (χ1n) is 10.9. The Morgan fingerprint density at radius 3 is 2.72 bits per heavy atom. The van der Waals surface area contributed by atoms with Crippen molar-refractivity contribution < 1.29 is 4.79 Å². The normalized spacial score (nSPS) is 17.6. The van der Waals surface area contributed by atoms with Crippen LogP contribution in [-0.4, -0.2) is 84.3 Å².